The van der Waals surface area contributed by atoms with Crippen molar-refractivity contribution in [3.63, 3.8) is 0 Å². The maximum atomic E-state index is 5.90. The second-order valence-electron chi connectivity index (χ2n) is 4.02. The molecule has 0 radical (unpaired) electrons. The lowest BCUT2D eigenvalue weighted by molar-refractivity contribution is 1.17. The van der Waals surface area contributed by atoms with Crippen molar-refractivity contribution in [3.8, 4) is 0 Å². The maximum absolute atomic E-state index is 5.90. The summed E-state index contributed by atoms with van der Waals surface area (Å²) in [5.74, 6) is 0. The largest absolute Gasteiger partial charge is 0.379 e. The number of nitrogens with one attached hydrogen (secondary N) is 1. The van der Waals surface area contributed by atoms with E-state index in [-0.39, 0.29) is 0 Å². The van der Waals surface area contributed by atoms with Crippen LogP contribution >= 0.6 is 38.9 Å². The van der Waals surface area contributed by atoms with Crippen LogP contribution in [-0.4, -0.2) is 0 Å². The molecule has 1 heterocycles. The van der Waals surface area contributed by atoms with Crippen LogP contribution in [0.3, 0.4) is 0 Å². The molecule has 1 nitrogen and oxygen atoms in total. The molecule has 2 aromatic rings. The highest BCUT2D eigenvalue weighted by Gasteiger charge is 2.05. The number of aryl methyl sites for hydroxylation is 2. The van der Waals surface area contributed by atoms with Crippen molar-refractivity contribution in [2.24, 2.45) is 0 Å². The minimum Gasteiger partial charge on any atom is -0.379 e. The van der Waals surface area contributed by atoms with Crippen molar-refractivity contribution in [1.29, 1.82) is 0 Å². The molecular weight excluding hydrogens is 318 g/mol. The average Bonchev–Trinajstić information content (AvgIpc) is 2.62. The summed E-state index contributed by atoms with van der Waals surface area (Å²) in [6.45, 7) is 5.02. The highest BCUT2D eigenvalue weighted by Crippen LogP contribution is 2.29. The van der Waals surface area contributed by atoms with Gasteiger partial charge in [0.15, 0.2) is 0 Å². The predicted molar refractivity (Wildman–Crippen MR) is 80.3 cm³/mol. The molecule has 0 atom stereocenters. The number of anilines is 1. The van der Waals surface area contributed by atoms with Gasteiger partial charge in [-0.05, 0) is 53.0 Å². The van der Waals surface area contributed by atoms with Crippen LogP contribution in [0.2, 0.25) is 5.02 Å². The molecule has 0 aliphatic rings. The minimum atomic E-state index is 0.805. The maximum Gasteiger partial charge on any atom is 0.0517 e. The summed E-state index contributed by atoms with van der Waals surface area (Å²) in [6.07, 6.45) is 0. The van der Waals surface area contributed by atoms with Gasteiger partial charge in [-0.15, -0.1) is 11.3 Å². The van der Waals surface area contributed by atoms with Gasteiger partial charge in [-0.3, -0.25) is 0 Å². The smallest absolute Gasteiger partial charge is 0.0517 e. The number of halogens is 2. The Bertz CT molecular complexity index is 513. The lowest BCUT2D eigenvalue weighted by Crippen LogP contribution is -2.00. The Morgan fingerprint density at radius 2 is 2.06 bits per heavy atom. The van der Waals surface area contributed by atoms with Crippen LogP contribution in [0.15, 0.2) is 28.1 Å². The summed E-state index contributed by atoms with van der Waals surface area (Å²) < 4.78 is 1.11. The number of thiophene rings is 1. The van der Waals surface area contributed by atoms with Gasteiger partial charge < -0.3 is 5.32 Å². The summed E-state index contributed by atoms with van der Waals surface area (Å²) in [7, 11) is 0. The first kappa shape index (κ1) is 12.9. The van der Waals surface area contributed by atoms with Crippen LogP contribution in [0, 0.1) is 13.8 Å². The van der Waals surface area contributed by atoms with E-state index >= 15 is 0 Å². The molecule has 0 saturated heterocycles. The molecule has 0 unspecified atom stereocenters. The zero-order chi connectivity index (χ0) is 12.4. The van der Waals surface area contributed by atoms with E-state index in [1.165, 1.54) is 16.0 Å². The van der Waals surface area contributed by atoms with Gasteiger partial charge in [0, 0.05) is 21.3 Å². The molecule has 1 aromatic heterocycles. The Labute approximate surface area is 119 Å². The van der Waals surface area contributed by atoms with Gasteiger partial charge in [0.2, 0.25) is 0 Å². The van der Waals surface area contributed by atoms with E-state index in [1.807, 2.05) is 11.4 Å². The third-order valence-electron chi connectivity index (χ3n) is 2.49. The van der Waals surface area contributed by atoms with Crippen molar-refractivity contribution >= 4 is 44.6 Å². The van der Waals surface area contributed by atoms with Crippen LogP contribution in [0.4, 0.5) is 5.69 Å². The molecule has 17 heavy (non-hydrogen) atoms. The zero-order valence-electron chi connectivity index (χ0n) is 9.68. The van der Waals surface area contributed by atoms with Gasteiger partial charge in [0.25, 0.3) is 0 Å². The van der Waals surface area contributed by atoms with E-state index in [4.69, 9.17) is 11.6 Å². The molecule has 1 aromatic carbocycles. The van der Waals surface area contributed by atoms with Crippen LogP contribution in [0.1, 0.15) is 16.0 Å². The Morgan fingerprint density at radius 3 is 2.65 bits per heavy atom. The fourth-order valence-electron chi connectivity index (χ4n) is 1.76. The highest BCUT2D eigenvalue weighted by molar-refractivity contribution is 9.10. The molecule has 4 heteroatoms. The SMILES string of the molecule is Cc1cc(C)c(NCc2cc(Cl)cs2)c(Br)c1. The highest BCUT2D eigenvalue weighted by atomic mass is 79.9. The van der Waals surface area contributed by atoms with Crippen molar-refractivity contribution in [1.82, 2.24) is 0 Å². The molecule has 0 aliphatic heterocycles. The Kier molecular flexibility index (Phi) is 4.13. The Balaban J connectivity index is 2.14. The van der Waals surface area contributed by atoms with Crippen LogP contribution in [-0.2, 0) is 6.54 Å². The fourth-order valence-corrected chi connectivity index (χ4v) is 3.59. The van der Waals surface area contributed by atoms with Crippen molar-refractivity contribution in [2.75, 3.05) is 5.32 Å². The van der Waals surface area contributed by atoms with Gasteiger partial charge in [-0.25, -0.2) is 0 Å². The summed E-state index contributed by atoms with van der Waals surface area (Å²) in [5.41, 5.74) is 3.67. The van der Waals surface area contributed by atoms with Gasteiger partial charge >= 0.3 is 0 Å². The lowest BCUT2D eigenvalue weighted by atomic mass is 10.1. The third-order valence-corrected chi connectivity index (χ3v) is 4.40. The minimum absolute atomic E-state index is 0.805. The monoisotopic (exact) mass is 329 g/mol. The van der Waals surface area contributed by atoms with Crippen molar-refractivity contribution < 1.29 is 0 Å². The number of hydrogen-bond donors (Lipinski definition) is 1. The molecule has 90 valence electrons. The van der Waals surface area contributed by atoms with Gasteiger partial charge in [0.1, 0.15) is 0 Å². The first-order valence-electron chi connectivity index (χ1n) is 5.30. The Morgan fingerprint density at radius 1 is 1.29 bits per heavy atom. The molecule has 1 N–H and O–H groups in total. The first-order valence-corrected chi connectivity index (χ1v) is 7.35. The summed E-state index contributed by atoms with van der Waals surface area (Å²) in [6, 6.07) is 6.29. The first-order chi connectivity index (χ1) is 8.06. The molecule has 0 saturated carbocycles. The van der Waals surface area contributed by atoms with Crippen molar-refractivity contribution in [3.05, 3.63) is 49.1 Å². The fraction of sp³-hybridized carbons (Fsp3) is 0.231. The molecule has 0 bridgehead atoms. The van der Waals surface area contributed by atoms with E-state index in [1.54, 1.807) is 11.3 Å². The predicted octanol–water partition coefficient (Wildman–Crippen LogP) is 5.39. The normalized spacial score (nSPS) is 10.6. The molecule has 0 fully saturated rings. The number of hydrogen-bond acceptors (Lipinski definition) is 2. The topological polar surface area (TPSA) is 12.0 Å². The quantitative estimate of drug-likeness (QED) is 0.795. The molecule has 0 amide bonds. The average molecular weight is 331 g/mol. The van der Waals surface area contributed by atoms with Gasteiger partial charge in [-0.1, -0.05) is 17.7 Å². The van der Waals surface area contributed by atoms with Gasteiger partial charge in [-0.2, -0.15) is 0 Å². The molecular formula is C13H13BrClNS. The van der Waals surface area contributed by atoms with E-state index < -0.39 is 0 Å². The Hall–Kier alpha value is -0.510. The summed E-state index contributed by atoms with van der Waals surface area (Å²) in [5, 5.41) is 6.21. The van der Waals surface area contributed by atoms with Crippen LogP contribution < -0.4 is 5.32 Å². The zero-order valence-corrected chi connectivity index (χ0v) is 12.8. The molecule has 0 spiro atoms. The molecule has 2 rings (SSSR count). The van der Waals surface area contributed by atoms with E-state index in [0.29, 0.717) is 0 Å². The number of rotatable bonds is 3. The van der Waals surface area contributed by atoms with E-state index in [2.05, 4.69) is 47.2 Å². The number of benzene rings is 1. The second-order valence-corrected chi connectivity index (χ2v) is 6.31. The second kappa shape index (κ2) is 5.42. The summed E-state index contributed by atoms with van der Waals surface area (Å²) in [4.78, 5) is 1.24. The lowest BCUT2D eigenvalue weighted by Gasteiger charge is -2.12. The standard InChI is InChI=1S/C13H13BrClNS/c1-8-3-9(2)13(12(14)4-8)16-6-11-5-10(15)7-17-11/h3-5,7,16H,6H2,1-2H3. The van der Waals surface area contributed by atoms with Gasteiger partial charge in [0.05, 0.1) is 10.7 Å². The van der Waals surface area contributed by atoms with Crippen LogP contribution in [0.5, 0.6) is 0 Å². The third kappa shape index (κ3) is 3.24. The van der Waals surface area contributed by atoms with E-state index in [0.717, 1.165) is 21.7 Å². The molecule has 0 aliphatic carbocycles. The summed E-state index contributed by atoms with van der Waals surface area (Å²) >= 11 is 11.2. The van der Waals surface area contributed by atoms with Crippen molar-refractivity contribution in [2.45, 2.75) is 20.4 Å². The van der Waals surface area contributed by atoms with E-state index in [9.17, 15) is 0 Å². The van der Waals surface area contributed by atoms with Crippen LogP contribution in [0.25, 0.3) is 0 Å².